The number of esters is 1. The maximum absolute atomic E-state index is 13.1. The van der Waals surface area contributed by atoms with Gasteiger partial charge in [-0.2, -0.15) is 0 Å². The number of hydrogen-bond acceptors (Lipinski definition) is 6. The Morgan fingerprint density at radius 1 is 1.23 bits per heavy atom. The van der Waals surface area contributed by atoms with Crippen molar-refractivity contribution >= 4 is 33.7 Å². The quantitative estimate of drug-likeness (QED) is 0.471. The van der Waals surface area contributed by atoms with Crippen LogP contribution < -0.4 is 10.9 Å². The second-order valence-corrected chi connectivity index (χ2v) is 7.37. The van der Waals surface area contributed by atoms with Crippen molar-refractivity contribution < 1.29 is 14.3 Å². The molecule has 0 aliphatic rings. The van der Waals surface area contributed by atoms with Crippen LogP contribution in [0.5, 0.6) is 0 Å². The minimum atomic E-state index is -0.539. The van der Waals surface area contributed by atoms with Gasteiger partial charge in [0.1, 0.15) is 6.54 Å². The molecule has 0 radical (unpaired) electrons. The maximum Gasteiger partial charge on any atom is 0.326 e. The van der Waals surface area contributed by atoms with Crippen LogP contribution in [0.15, 0.2) is 35.3 Å². The van der Waals surface area contributed by atoms with Crippen LogP contribution >= 0.6 is 0 Å². The largest absolute Gasteiger partial charge is 0.465 e. The third kappa shape index (κ3) is 4.49. The summed E-state index contributed by atoms with van der Waals surface area (Å²) in [5, 5.41) is 3.95. The Morgan fingerprint density at radius 3 is 2.70 bits per heavy atom. The van der Waals surface area contributed by atoms with Gasteiger partial charge < -0.3 is 19.5 Å². The van der Waals surface area contributed by atoms with Crippen LogP contribution in [0.3, 0.4) is 0 Å². The van der Waals surface area contributed by atoms with Gasteiger partial charge in [0.25, 0.3) is 11.5 Å². The average Bonchev–Trinajstić information content (AvgIpc) is 2.69. The minimum Gasteiger partial charge on any atom is -0.465 e. The summed E-state index contributed by atoms with van der Waals surface area (Å²) < 4.78 is 6.18. The van der Waals surface area contributed by atoms with Gasteiger partial charge in [-0.05, 0) is 39.6 Å². The highest BCUT2D eigenvalue weighted by Crippen LogP contribution is 2.22. The zero-order chi connectivity index (χ0) is 21.8. The summed E-state index contributed by atoms with van der Waals surface area (Å²) in [4.78, 5) is 44.6. The third-order valence-corrected chi connectivity index (χ3v) is 4.77. The Bertz CT molecular complexity index is 1170. The lowest BCUT2D eigenvalue weighted by Gasteiger charge is -2.14. The molecule has 2 aromatic heterocycles. The fourth-order valence-corrected chi connectivity index (χ4v) is 3.26. The average molecular weight is 410 g/mol. The molecular formula is C22H26N4O4. The fraction of sp³-hybridized carbons (Fsp3) is 0.364. The third-order valence-electron chi connectivity index (χ3n) is 4.77. The van der Waals surface area contributed by atoms with Gasteiger partial charge in [0.05, 0.1) is 28.6 Å². The van der Waals surface area contributed by atoms with E-state index in [0.717, 1.165) is 16.5 Å². The predicted molar refractivity (Wildman–Crippen MR) is 116 cm³/mol. The lowest BCUT2D eigenvalue weighted by atomic mass is 10.1. The highest BCUT2D eigenvalue weighted by Gasteiger charge is 2.19. The number of nitrogens with one attached hydrogen (secondary N) is 1. The summed E-state index contributed by atoms with van der Waals surface area (Å²) >= 11 is 0. The number of aromatic nitrogens is 2. The monoisotopic (exact) mass is 410 g/mol. The Balaban J connectivity index is 2.18. The number of nitrogens with zero attached hydrogens (tertiary/aromatic N) is 3. The number of hydrogen-bond donors (Lipinski definition) is 1. The zero-order valence-corrected chi connectivity index (χ0v) is 17.7. The summed E-state index contributed by atoms with van der Waals surface area (Å²) in [6.45, 7) is 4.68. The highest BCUT2D eigenvalue weighted by atomic mass is 16.5. The maximum atomic E-state index is 13.1. The van der Waals surface area contributed by atoms with Crippen LogP contribution in [0.2, 0.25) is 0 Å². The molecule has 0 spiro atoms. The first kappa shape index (κ1) is 21.4. The highest BCUT2D eigenvalue weighted by molar-refractivity contribution is 6.07. The van der Waals surface area contributed by atoms with Gasteiger partial charge in [0.15, 0.2) is 0 Å². The number of para-hydroxylation sites is 1. The summed E-state index contributed by atoms with van der Waals surface area (Å²) in [5.74, 6) is -0.887. The number of ether oxygens (including phenoxy) is 1. The first-order chi connectivity index (χ1) is 14.3. The van der Waals surface area contributed by atoms with E-state index >= 15 is 0 Å². The Morgan fingerprint density at radius 2 is 2.00 bits per heavy atom. The molecular weight excluding hydrogens is 384 g/mol. The number of rotatable bonds is 7. The molecule has 0 aliphatic heterocycles. The number of aryl methyl sites for hydroxylation is 1. The van der Waals surface area contributed by atoms with E-state index in [1.807, 2.05) is 44.1 Å². The van der Waals surface area contributed by atoms with E-state index in [9.17, 15) is 14.4 Å². The van der Waals surface area contributed by atoms with Gasteiger partial charge in [0, 0.05) is 24.7 Å². The van der Waals surface area contributed by atoms with Gasteiger partial charge in [-0.25, -0.2) is 4.98 Å². The molecule has 0 bridgehead atoms. The molecule has 0 unspecified atom stereocenters. The molecule has 2 heterocycles. The van der Waals surface area contributed by atoms with E-state index < -0.39 is 5.97 Å². The van der Waals surface area contributed by atoms with Crippen molar-refractivity contribution in [2.75, 3.05) is 33.8 Å². The lowest BCUT2D eigenvalue weighted by molar-refractivity contribution is -0.143. The first-order valence-corrected chi connectivity index (χ1v) is 9.84. The lowest BCUT2D eigenvalue weighted by Crippen LogP contribution is -2.33. The summed E-state index contributed by atoms with van der Waals surface area (Å²) in [6, 6.07) is 7.42. The molecule has 1 aromatic carbocycles. The van der Waals surface area contributed by atoms with Crippen molar-refractivity contribution in [2.45, 2.75) is 20.4 Å². The number of carbonyl (C=O) groups excluding carboxylic acids is 2. The minimum absolute atomic E-state index is 0.213. The predicted octanol–water partition coefficient (Wildman–Crippen LogP) is 1.71. The topological polar surface area (TPSA) is 93.5 Å². The van der Waals surface area contributed by atoms with Gasteiger partial charge in [-0.15, -0.1) is 0 Å². The molecule has 3 aromatic rings. The van der Waals surface area contributed by atoms with Crippen molar-refractivity contribution in [1.82, 2.24) is 19.8 Å². The van der Waals surface area contributed by atoms with Crippen molar-refractivity contribution in [3.05, 3.63) is 51.9 Å². The Labute approximate surface area is 174 Å². The number of amides is 1. The van der Waals surface area contributed by atoms with Crippen LogP contribution in [0.1, 0.15) is 22.8 Å². The van der Waals surface area contributed by atoms with E-state index in [1.54, 1.807) is 13.0 Å². The van der Waals surface area contributed by atoms with E-state index in [2.05, 4.69) is 10.3 Å². The van der Waals surface area contributed by atoms with E-state index in [-0.39, 0.29) is 35.6 Å². The number of carbonyl (C=O) groups is 2. The SMILES string of the molecule is CCOC(=O)Cn1cc(C(=O)NCCN(C)C)c2nc3c(C)cccc3cc2c1=O. The van der Waals surface area contributed by atoms with Crippen LogP contribution in [0.25, 0.3) is 21.8 Å². The molecule has 0 atom stereocenters. The summed E-state index contributed by atoms with van der Waals surface area (Å²) in [6.07, 6.45) is 1.39. The number of fused-ring (bicyclic) bond motifs is 2. The van der Waals surface area contributed by atoms with Crippen LogP contribution in [-0.4, -0.2) is 60.1 Å². The standard InChI is InChI=1S/C22H26N4O4/c1-5-30-18(27)13-26-12-17(21(28)23-9-10-25(3)4)20-16(22(26)29)11-15-8-6-7-14(2)19(15)24-20/h6-8,11-12H,5,9-10,13H2,1-4H3,(H,23,28). The molecule has 1 amide bonds. The molecule has 3 rings (SSSR count). The van der Waals surface area contributed by atoms with Gasteiger partial charge >= 0.3 is 5.97 Å². The van der Waals surface area contributed by atoms with Gasteiger partial charge in [-0.1, -0.05) is 18.2 Å². The molecule has 0 saturated carbocycles. The number of likely N-dealkylation sites (N-methyl/N-ethyl adjacent to an activating group) is 1. The summed E-state index contributed by atoms with van der Waals surface area (Å²) in [5.41, 5.74) is 1.86. The van der Waals surface area contributed by atoms with E-state index in [0.29, 0.717) is 18.6 Å². The second-order valence-electron chi connectivity index (χ2n) is 7.37. The second kappa shape index (κ2) is 9.04. The smallest absolute Gasteiger partial charge is 0.326 e. The molecule has 8 heteroatoms. The fourth-order valence-electron chi connectivity index (χ4n) is 3.26. The van der Waals surface area contributed by atoms with E-state index in [4.69, 9.17) is 4.74 Å². The van der Waals surface area contributed by atoms with Gasteiger partial charge in [-0.3, -0.25) is 14.4 Å². The molecule has 0 aliphatic carbocycles. The zero-order valence-electron chi connectivity index (χ0n) is 17.7. The normalized spacial score (nSPS) is 11.2. The van der Waals surface area contributed by atoms with Crippen LogP contribution in [0.4, 0.5) is 0 Å². The molecule has 30 heavy (non-hydrogen) atoms. The Hall–Kier alpha value is -3.26. The van der Waals surface area contributed by atoms with Gasteiger partial charge in [0.2, 0.25) is 0 Å². The van der Waals surface area contributed by atoms with Crippen molar-refractivity contribution in [1.29, 1.82) is 0 Å². The summed E-state index contributed by atoms with van der Waals surface area (Å²) in [7, 11) is 3.83. The first-order valence-electron chi connectivity index (χ1n) is 9.84. The van der Waals surface area contributed by atoms with Crippen LogP contribution in [-0.2, 0) is 16.1 Å². The molecule has 8 nitrogen and oxygen atoms in total. The van der Waals surface area contributed by atoms with Crippen LogP contribution in [0, 0.1) is 6.92 Å². The van der Waals surface area contributed by atoms with E-state index in [1.165, 1.54) is 10.8 Å². The molecule has 0 saturated heterocycles. The molecule has 158 valence electrons. The molecule has 1 N–H and O–H groups in total. The van der Waals surface area contributed by atoms with Crippen molar-refractivity contribution in [3.63, 3.8) is 0 Å². The number of pyridine rings is 2. The molecule has 0 fully saturated rings. The van der Waals surface area contributed by atoms with Crippen molar-refractivity contribution in [2.24, 2.45) is 0 Å². The Kier molecular flexibility index (Phi) is 6.47. The number of benzene rings is 1. The van der Waals surface area contributed by atoms with Crippen molar-refractivity contribution in [3.8, 4) is 0 Å².